The van der Waals surface area contributed by atoms with Gasteiger partial charge < -0.3 is 15.5 Å². The molecule has 1 aliphatic heterocycles. The summed E-state index contributed by atoms with van der Waals surface area (Å²) in [6, 6.07) is 9.18. The molecule has 4 rings (SSSR count). The van der Waals surface area contributed by atoms with Crippen molar-refractivity contribution in [3.05, 3.63) is 47.0 Å². The standard InChI is InChI=1S/C22H26N6O3S/c1-14(2)24-20(30)15-7-6-10-27(11-15)22-26-19-18(32-22)21(31)28(13-23-19)12-17(29)25-16-8-4-3-5-9-16/h3-5,8-9,13-15H,6-7,10-12H2,1-2H3,(H,24,30)(H,25,29)/t15-/m1/s1. The summed E-state index contributed by atoms with van der Waals surface area (Å²) in [6.07, 6.45) is 3.07. The second-order valence-corrected chi connectivity index (χ2v) is 9.17. The Morgan fingerprint density at radius 3 is 2.78 bits per heavy atom. The normalized spacial score (nSPS) is 16.3. The number of nitrogens with zero attached hydrogens (tertiary/aromatic N) is 4. The van der Waals surface area contributed by atoms with Crippen molar-refractivity contribution in [1.29, 1.82) is 0 Å². The van der Waals surface area contributed by atoms with Gasteiger partial charge >= 0.3 is 0 Å². The third kappa shape index (κ3) is 4.96. The lowest BCUT2D eigenvalue weighted by Gasteiger charge is -2.32. The molecule has 168 valence electrons. The Labute approximate surface area is 189 Å². The van der Waals surface area contributed by atoms with E-state index >= 15 is 0 Å². The van der Waals surface area contributed by atoms with Crippen LogP contribution in [0, 0.1) is 5.92 Å². The molecule has 0 aliphatic carbocycles. The number of piperidine rings is 1. The van der Waals surface area contributed by atoms with Crippen molar-refractivity contribution in [2.45, 2.75) is 39.3 Å². The number of hydrogen-bond donors (Lipinski definition) is 2. The molecule has 0 unspecified atom stereocenters. The Morgan fingerprint density at radius 2 is 2.03 bits per heavy atom. The summed E-state index contributed by atoms with van der Waals surface area (Å²) in [5.74, 6) is -0.362. The number of thiazole rings is 1. The molecule has 2 aromatic heterocycles. The first kappa shape index (κ1) is 21.9. The third-order valence-corrected chi connectivity index (χ3v) is 6.33. The monoisotopic (exact) mass is 454 g/mol. The fourth-order valence-corrected chi connectivity index (χ4v) is 4.73. The average Bonchev–Trinajstić information content (AvgIpc) is 3.21. The van der Waals surface area contributed by atoms with Crippen LogP contribution in [0.5, 0.6) is 0 Å². The van der Waals surface area contributed by atoms with Crippen molar-refractivity contribution in [1.82, 2.24) is 19.9 Å². The average molecular weight is 455 g/mol. The highest BCUT2D eigenvalue weighted by Crippen LogP contribution is 2.29. The highest BCUT2D eigenvalue weighted by molar-refractivity contribution is 7.22. The molecule has 32 heavy (non-hydrogen) atoms. The van der Waals surface area contributed by atoms with E-state index in [1.807, 2.05) is 36.9 Å². The third-order valence-electron chi connectivity index (χ3n) is 5.24. The van der Waals surface area contributed by atoms with Crippen LogP contribution >= 0.6 is 11.3 Å². The molecule has 3 aromatic rings. The molecular weight excluding hydrogens is 428 g/mol. The molecule has 2 amide bonds. The molecule has 9 nitrogen and oxygen atoms in total. The number of benzene rings is 1. The van der Waals surface area contributed by atoms with Gasteiger partial charge in [0.25, 0.3) is 5.56 Å². The summed E-state index contributed by atoms with van der Waals surface area (Å²) in [5, 5.41) is 6.42. The number of para-hydroxylation sites is 1. The zero-order valence-corrected chi connectivity index (χ0v) is 18.9. The number of rotatable bonds is 6. The minimum Gasteiger partial charge on any atom is -0.354 e. The largest absolute Gasteiger partial charge is 0.354 e. The van der Waals surface area contributed by atoms with E-state index in [1.165, 1.54) is 22.2 Å². The molecular formula is C22H26N6O3S. The summed E-state index contributed by atoms with van der Waals surface area (Å²) >= 11 is 1.26. The SMILES string of the molecule is CC(C)NC(=O)[C@@H]1CCCN(c2nc3ncn(CC(=O)Nc4ccccc4)c(=O)c3s2)C1. The van der Waals surface area contributed by atoms with Gasteiger partial charge in [0.15, 0.2) is 10.8 Å². The van der Waals surface area contributed by atoms with Crippen LogP contribution in [0.25, 0.3) is 10.3 Å². The van der Waals surface area contributed by atoms with Crippen LogP contribution in [0.3, 0.4) is 0 Å². The number of fused-ring (bicyclic) bond motifs is 1. The summed E-state index contributed by atoms with van der Waals surface area (Å²) in [4.78, 5) is 48.6. The van der Waals surface area contributed by atoms with Gasteiger partial charge in [0, 0.05) is 24.8 Å². The highest BCUT2D eigenvalue weighted by Gasteiger charge is 2.28. The number of carbonyl (C=O) groups is 2. The predicted octanol–water partition coefficient (Wildman–Crippen LogP) is 2.23. The molecule has 10 heteroatoms. The Morgan fingerprint density at radius 1 is 1.25 bits per heavy atom. The van der Waals surface area contributed by atoms with Gasteiger partial charge in [-0.1, -0.05) is 29.5 Å². The lowest BCUT2D eigenvalue weighted by Crippen LogP contribution is -2.44. The lowest BCUT2D eigenvalue weighted by atomic mass is 9.97. The van der Waals surface area contributed by atoms with Crippen molar-refractivity contribution < 1.29 is 9.59 Å². The van der Waals surface area contributed by atoms with Gasteiger partial charge in [-0.2, -0.15) is 4.98 Å². The maximum absolute atomic E-state index is 12.9. The fraction of sp³-hybridized carbons (Fsp3) is 0.409. The van der Waals surface area contributed by atoms with Gasteiger partial charge in [0.2, 0.25) is 11.8 Å². The summed E-state index contributed by atoms with van der Waals surface area (Å²) in [7, 11) is 0. The molecule has 2 N–H and O–H groups in total. The van der Waals surface area contributed by atoms with Crippen molar-refractivity contribution >= 4 is 44.3 Å². The Kier molecular flexibility index (Phi) is 6.50. The van der Waals surface area contributed by atoms with Crippen molar-refractivity contribution in [3.63, 3.8) is 0 Å². The maximum atomic E-state index is 12.9. The first-order valence-corrected chi connectivity index (χ1v) is 11.5. The van der Waals surface area contributed by atoms with Gasteiger partial charge in [-0.3, -0.25) is 19.0 Å². The molecule has 1 atom stereocenters. The molecule has 1 saturated heterocycles. The Bertz CT molecular complexity index is 1170. The van der Waals surface area contributed by atoms with Gasteiger partial charge in [0.1, 0.15) is 17.6 Å². The van der Waals surface area contributed by atoms with E-state index < -0.39 is 0 Å². The van der Waals surface area contributed by atoms with Gasteiger partial charge in [0.05, 0.1) is 5.92 Å². The molecule has 0 radical (unpaired) electrons. The summed E-state index contributed by atoms with van der Waals surface area (Å²) in [5.41, 5.74) is 0.734. The molecule has 0 saturated carbocycles. The van der Waals surface area contributed by atoms with E-state index in [9.17, 15) is 14.4 Å². The second kappa shape index (κ2) is 9.47. The van der Waals surface area contributed by atoms with Crippen LogP contribution in [0.2, 0.25) is 0 Å². The topological polar surface area (TPSA) is 109 Å². The zero-order chi connectivity index (χ0) is 22.7. The highest BCUT2D eigenvalue weighted by atomic mass is 32.1. The number of aromatic nitrogens is 3. The van der Waals surface area contributed by atoms with E-state index in [0.717, 1.165) is 19.4 Å². The van der Waals surface area contributed by atoms with E-state index in [4.69, 9.17) is 0 Å². The van der Waals surface area contributed by atoms with Crippen LogP contribution in [-0.4, -0.2) is 45.5 Å². The molecule has 3 heterocycles. The first-order valence-electron chi connectivity index (χ1n) is 10.7. The first-order chi connectivity index (χ1) is 15.4. The molecule has 1 aliphatic rings. The second-order valence-electron chi connectivity index (χ2n) is 8.19. The molecule has 0 bridgehead atoms. The predicted molar refractivity (Wildman–Crippen MR) is 125 cm³/mol. The van der Waals surface area contributed by atoms with E-state index in [-0.39, 0.29) is 35.9 Å². The van der Waals surface area contributed by atoms with Crippen LogP contribution in [-0.2, 0) is 16.1 Å². The number of amides is 2. The number of nitrogens with one attached hydrogen (secondary N) is 2. The molecule has 1 aromatic carbocycles. The van der Waals surface area contributed by atoms with Crippen LogP contribution < -0.4 is 21.1 Å². The molecule has 1 fully saturated rings. The number of anilines is 2. The summed E-state index contributed by atoms with van der Waals surface area (Å²) < 4.78 is 1.70. The number of carbonyl (C=O) groups excluding carboxylic acids is 2. The minimum atomic E-state index is -0.306. The van der Waals surface area contributed by atoms with Gasteiger partial charge in [-0.05, 0) is 38.8 Å². The van der Waals surface area contributed by atoms with Crippen LogP contribution in [0.1, 0.15) is 26.7 Å². The summed E-state index contributed by atoms with van der Waals surface area (Å²) in [6.45, 7) is 5.10. The van der Waals surface area contributed by atoms with Gasteiger partial charge in [-0.15, -0.1) is 0 Å². The fourth-order valence-electron chi connectivity index (χ4n) is 3.73. The van der Waals surface area contributed by atoms with Crippen molar-refractivity contribution in [2.24, 2.45) is 5.92 Å². The lowest BCUT2D eigenvalue weighted by molar-refractivity contribution is -0.125. The number of hydrogen-bond acceptors (Lipinski definition) is 7. The van der Waals surface area contributed by atoms with Crippen LogP contribution in [0.4, 0.5) is 10.8 Å². The van der Waals surface area contributed by atoms with E-state index in [2.05, 4.69) is 20.6 Å². The van der Waals surface area contributed by atoms with Gasteiger partial charge in [-0.25, -0.2) is 4.98 Å². The minimum absolute atomic E-state index is 0.0516. The van der Waals surface area contributed by atoms with Crippen LogP contribution in [0.15, 0.2) is 41.5 Å². The Hall–Kier alpha value is -3.27. The van der Waals surface area contributed by atoms with Crippen molar-refractivity contribution in [2.75, 3.05) is 23.3 Å². The quantitative estimate of drug-likeness (QED) is 0.591. The zero-order valence-electron chi connectivity index (χ0n) is 18.1. The van der Waals surface area contributed by atoms with Crippen molar-refractivity contribution in [3.8, 4) is 0 Å². The Balaban J connectivity index is 1.49. The van der Waals surface area contributed by atoms with E-state index in [0.29, 0.717) is 27.7 Å². The van der Waals surface area contributed by atoms with E-state index in [1.54, 1.807) is 12.1 Å². The smallest absolute Gasteiger partial charge is 0.273 e. The molecule has 0 spiro atoms. The maximum Gasteiger partial charge on any atom is 0.273 e.